The van der Waals surface area contributed by atoms with Crippen molar-refractivity contribution in [2.75, 3.05) is 12.4 Å². The molecule has 0 aliphatic carbocycles. The molecule has 2 unspecified atom stereocenters. The fourth-order valence-electron chi connectivity index (χ4n) is 2.07. The molecule has 0 amide bonds. The number of ether oxygens (including phenoxy) is 1. The predicted molar refractivity (Wildman–Crippen MR) is 97.0 cm³/mol. The molecule has 2 fully saturated rings. The van der Waals surface area contributed by atoms with Crippen LogP contribution in [-0.2, 0) is 4.74 Å². The fourth-order valence-corrected chi connectivity index (χ4v) is 4.93. The van der Waals surface area contributed by atoms with Crippen LogP contribution in [0.5, 0.6) is 0 Å². The summed E-state index contributed by atoms with van der Waals surface area (Å²) in [6.45, 7) is 0.907. The van der Waals surface area contributed by atoms with E-state index in [4.69, 9.17) is 17.0 Å². The number of thioether (sulfide) groups is 2. The average Bonchev–Trinajstić information content (AvgIpc) is 3.31. The maximum atomic E-state index is 5.12. The Balaban J connectivity index is 0.000000131. The number of thiocarbonyl (C=S) groups is 1. The summed E-state index contributed by atoms with van der Waals surface area (Å²) in [5.41, 5.74) is 2.70. The molecular weight excluding hydrogens is 316 g/mol. The van der Waals surface area contributed by atoms with Crippen LogP contribution in [0.15, 0.2) is 60.7 Å². The van der Waals surface area contributed by atoms with Gasteiger partial charge in [0, 0.05) is 11.0 Å². The van der Waals surface area contributed by atoms with Gasteiger partial charge in [0.1, 0.15) is 9.63 Å². The van der Waals surface area contributed by atoms with Crippen molar-refractivity contribution in [2.24, 2.45) is 0 Å². The summed E-state index contributed by atoms with van der Waals surface area (Å²) in [4.78, 5) is 0. The third kappa shape index (κ3) is 4.58. The second-order valence-electron chi connectivity index (χ2n) is 4.81. The molecule has 0 N–H and O–H groups in total. The highest BCUT2D eigenvalue weighted by Gasteiger charge is 2.23. The monoisotopic (exact) mass is 332 g/mol. The second-order valence-corrected chi connectivity index (χ2v) is 8.24. The molecule has 0 bridgehead atoms. The first kappa shape index (κ1) is 15.1. The van der Waals surface area contributed by atoms with E-state index < -0.39 is 0 Å². The van der Waals surface area contributed by atoms with Gasteiger partial charge in [0.15, 0.2) is 0 Å². The Morgan fingerprint density at radius 1 is 0.905 bits per heavy atom. The quantitative estimate of drug-likeness (QED) is 0.550. The summed E-state index contributed by atoms with van der Waals surface area (Å²) in [5, 5.41) is 0.587. The van der Waals surface area contributed by atoms with Gasteiger partial charge in [-0.05, 0) is 11.1 Å². The van der Waals surface area contributed by atoms with E-state index in [1.54, 1.807) is 11.8 Å². The van der Waals surface area contributed by atoms with E-state index in [0.29, 0.717) is 11.4 Å². The number of benzene rings is 2. The molecule has 4 heteroatoms. The van der Waals surface area contributed by atoms with Crippen LogP contribution in [0, 0.1) is 0 Å². The lowest BCUT2D eigenvalue weighted by molar-refractivity contribution is 0.415. The van der Waals surface area contributed by atoms with Crippen LogP contribution in [-0.4, -0.2) is 15.9 Å². The molecule has 2 heterocycles. The second kappa shape index (κ2) is 7.45. The zero-order valence-corrected chi connectivity index (χ0v) is 13.9. The molecule has 2 aromatic carbocycles. The van der Waals surface area contributed by atoms with Crippen LogP contribution in [0.1, 0.15) is 22.5 Å². The lowest BCUT2D eigenvalue weighted by atomic mass is 10.2. The Kier molecular flexibility index (Phi) is 5.36. The van der Waals surface area contributed by atoms with Crippen molar-refractivity contribution in [3.63, 3.8) is 0 Å². The van der Waals surface area contributed by atoms with Gasteiger partial charge in [0.05, 0.1) is 6.61 Å². The van der Waals surface area contributed by atoms with E-state index in [9.17, 15) is 0 Å². The molecule has 108 valence electrons. The summed E-state index contributed by atoms with van der Waals surface area (Å²) in [6.07, 6.45) is 0.409. The average molecular weight is 333 g/mol. The van der Waals surface area contributed by atoms with E-state index >= 15 is 0 Å². The van der Waals surface area contributed by atoms with Gasteiger partial charge in [-0.2, -0.15) is 0 Å². The van der Waals surface area contributed by atoms with Gasteiger partial charge in [-0.3, -0.25) is 0 Å². The molecule has 2 atom stereocenters. The van der Waals surface area contributed by atoms with Gasteiger partial charge in [-0.25, -0.2) is 0 Å². The molecule has 0 aromatic heterocycles. The molecule has 2 aromatic rings. The zero-order valence-electron chi connectivity index (χ0n) is 11.5. The molecule has 2 saturated heterocycles. The van der Waals surface area contributed by atoms with E-state index in [1.165, 1.54) is 11.1 Å². The largest absolute Gasteiger partial charge is 0.368 e. The minimum atomic E-state index is 0.409. The standard InChI is InChI=1S/C9H8S3.C8H8O/c10-9-11-6-8(12-9)7-4-2-1-3-5-7;1-2-4-7(5-3-1)8-6-9-8/h1-5,8H,6H2;1-5,8H,6H2. The molecule has 2 aliphatic heterocycles. The molecule has 0 radical (unpaired) electrons. The number of rotatable bonds is 2. The highest BCUT2D eigenvalue weighted by atomic mass is 32.2. The van der Waals surface area contributed by atoms with E-state index in [2.05, 4.69) is 42.5 Å². The summed E-state index contributed by atoms with van der Waals surface area (Å²) < 4.78 is 6.18. The normalized spacial score (nSPS) is 23.3. The Morgan fingerprint density at radius 3 is 1.95 bits per heavy atom. The number of hydrogen-bond acceptors (Lipinski definition) is 4. The van der Waals surface area contributed by atoms with Crippen LogP contribution in [0.4, 0.5) is 0 Å². The van der Waals surface area contributed by atoms with Crippen LogP contribution >= 0.6 is 35.7 Å². The zero-order chi connectivity index (χ0) is 14.5. The van der Waals surface area contributed by atoms with Crippen LogP contribution in [0.3, 0.4) is 0 Å². The lowest BCUT2D eigenvalue weighted by Gasteiger charge is -2.05. The Labute approximate surface area is 139 Å². The number of hydrogen-bond donors (Lipinski definition) is 0. The van der Waals surface area contributed by atoms with Crippen LogP contribution < -0.4 is 0 Å². The summed E-state index contributed by atoms with van der Waals surface area (Å²) >= 11 is 8.73. The summed E-state index contributed by atoms with van der Waals surface area (Å²) in [6, 6.07) is 20.9. The Morgan fingerprint density at radius 2 is 1.48 bits per heavy atom. The Hall–Kier alpha value is -0.810. The van der Waals surface area contributed by atoms with Crippen molar-refractivity contribution in [3.8, 4) is 0 Å². The highest BCUT2D eigenvalue weighted by Crippen LogP contribution is 2.43. The van der Waals surface area contributed by atoms with Crippen molar-refractivity contribution >= 4 is 39.3 Å². The fraction of sp³-hybridized carbons (Fsp3) is 0.235. The Bertz CT molecular complexity index is 581. The van der Waals surface area contributed by atoms with Crippen molar-refractivity contribution in [1.82, 2.24) is 0 Å². The molecule has 21 heavy (non-hydrogen) atoms. The van der Waals surface area contributed by atoms with Crippen molar-refractivity contribution < 1.29 is 4.74 Å². The highest BCUT2D eigenvalue weighted by molar-refractivity contribution is 8.49. The molecule has 2 aliphatic rings. The smallest absolute Gasteiger partial charge is 0.106 e. The minimum Gasteiger partial charge on any atom is -0.368 e. The first-order valence-corrected chi connectivity index (χ1v) is 9.15. The lowest BCUT2D eigenvalue weighted by Crippen LogP contribution is -1.90. The van der Waals surface area contributed by atoms with Crippen LogP contribution in [0.2, 0.25) is 0 Å². The summed E-state index contributed by atoms with van der Waals surface area (Å²) in [5.74, 6) is 1.13. The van der Waals surface area contributed by atoms with Crippen molar-refractivity contribution in [3.05, 3.63) is 71.8 Å². The van der Waals surface area contributed by atoms with Crippen molar-refractivity contribution in [1.29, 1.82) is 0 Å². The van der Waals surface area contributed by atoms with Gasteiger partial charge in [0.25, 0.3) is 0 Å². The SMILES string of the molecule is S=C1SCC(c2ccccc2)S1.c1ccc(C2CO2)cc1. The van der Waals surface area contributed by atoms with Gasteiger partial charge in [-0.1, -0.05) is 84.6 Å². The molecular formula is C17H16OS3. The van der Waals surface area contributed by atoms with E-state index in [-0.39, 0.29) is 0 Å². The van der Waals surface area contributed by atoms with Crippen molar-refractivity contribution in [2.45, 2.75) is 11.4 Å². The minimum absolute atomic E-state index is 0.409. The maximum Gasteiger partial charge on any atom is 0.106 e. The van der Waals surface area contributed by atoms with Gasteiger partial charge >= 0.3 is 0 Å². The van der Waals surface area contributed by atoms with E-state index in [1.807, 2.05) is 30.0 Å². The topological polar surface area (TPSA) is 12.5 Å². The first-order valence-electron chi connectivity index (χ1n) is 6.88. The molecule has 1 nitrogen and oxygen atoms in total. The van der Waals surface area contributed by atoms with Gasteiger partial charge in [-0.15, -0.1) is 11.8 Å². The predicted octanol–water partition coefficient (Wildman–Crippen LogP) is 5.25. The maximum absolute atomic E-state index is 5.12. The van der Waals surface area contributed by atoms with Gasteiger partial charge in [0.2, 0.25) is 0 Å². The summed E-state index contributed by atoms with van der Waals surface area (Å²) in [7, 11) is 0. The molecule has 4 rings (SSSR count). The third-order valence-corrected chi connectivity index (χ3v) is 6.41. The van der Waals surface area contributed by atoms with E-state index in [0.717, 1.165) is 15.9 Å². The molecule has 0 spiro atoms. The molecule has 0 saturated carbocycles. The number of epoxide rings is 1. The van der Waals surface area contributed by atoms with Crippen LogP contribution in [0.25, 0.3) is 0 Å². The third-order valence-electron chi connectivity index (χ3n) is 3.27. The van der Waals surface area contributed by atoms with Gasteiger partial charge < -0.3 is 4.74 Å². The first-order chi connectivity index (χ1) is 10.3.